The van der Waals surface area contributed by atoms with Gasteiger partial charge in [0.15, 0.2) is 0 Å². The topological polar surface area (TPSA) is 49.4 Å². The lowest BCUT2D eigenvalue weighted by molar-refractivity contribution is -0.134. The maximum absolute atomic E-state index is 12.0. The molecule has 2 fully saturated rings. The van der Waals surface area contributed by atoms with Crippen molar-refractivity contribution in [2.24, 2.45) is 5.92 Å². The lowest BCUT2D eigenvalue weighted by Crippen LogP contribution is -2.38. The molecule has 1 unspecified atom stereocenters. The molecule has 1 N–H and O–H groups in total. The van der Waals surface area contributed by atoms with E-state index >= 15 is 0 Å². The van der Waals surface area contributed by atoms with E-state index in [9.17, 15) is 9.59 Å². The van der Waals surface area contributed by atoms with E-state index in [1.165, 1.54) is 0 Å². The van der Waals surface area contributed by atoms with E-state index in [2.05, 4.69) is 5.32 Å². The molecule has 0 bridgehead atoms. The van der Waals surface area contributed by atoms with Crippen LogP contribution in [0.5, 0.6) is 0 Å². The van der Waals surface area contributed by atoms with Crippen LogP contribution < -0.4 is 5.32 Å². The van der Waals surface area contributed by atoms with Crippen molar-refractivity contribution in [3.05, 3.63) is 0 Å². The number of carbonyl (C=O) groups is 2. The molecule has 15 heavy (non-hydrogen) atoms. The molecule has 2 rings (SSSR count). The summed E-state index contributed by atoms with van der Waals surface area (Å²) in [7, 11) is 0. The Morgan fingerprint density at radius 3 is 3.07 bits per heavy atom. The van der Waals surface area contributed by atoms with E-state index in [1.807, 2.05) is 16.7 Å². The van der Waals surface area contributed by atoms with Crippen LogP contribution in [0.4, 0.5) is 0 Å². The molecular formula is C10H16N2O2S. The van der Waals surface area contributed by atoms with Crippen molar-refractivity contribution in [2.75, 3.05) is 31.1 Å². The van der Waals surface area contributed by atoms with Crippen LogP contribution in [0.2, 0.25) is 0 Å². The third-order valence-corrected chi connectivity index (χ3v) is 4.07. The van der Waals surface area contributed by atoms with Gasteiger partial charge in [-0.1, -0.05) is 0 Å². The van der Waals surface area contributed by atoms with Crippen LogP contribution in [-0.2, 0) is 9.59 Å². The molecule has 84 valence electrons. The standard InChI is InChI=1S/C10H16N2O2S/c13-9-1-4-12(5-3-11-9)10(14)8-2-6-15-7-8/h8H,1-7H2,(H,11,13). The molecule has 0 saturated carbocycles. The molecule has 0 aromatic carbocycles. The SMILES string of the molecule is O=C1CCN(C(=O)C2CCSC2)CCN1. The number of rotatable bonds is 1. The van der Waals surface area contributed by atoms with Gasteiger partial charge in [0.05, 0.1) is 0 Å². The fraction of sp³-hybridized carbons (Fsp3) is 0.800. The van der Waals surface area contributed by atoms with E-state index in [0.29, 0.717) is 26.1 Å². The zero-order chi connectivity index (χ0) is 10.7. The minimum absolute atomic E-state index is 0.0612. The third kappa shape index (κ3) is 2.65. The van der Waals surface area contributed by atoms with E-state index in [-0.39, 0.29) is 17.7 Å². The van der Waals surface area contributed by atoms with E-state index in [0.717, 1.165) is 17.9 Å². The number of hydrogen-bond acceptors (Lipinski definition) is 3. The molecular weight excluding hydrogens is 212 g/mol. The summed E-state index contributed by atoms with van der Waals surface area (Å²) in [5, 5.41) is 2.78. The normalized spacial score (nSPS) is 27.3. The Bertz CT molecular complexity index is 264. The summed E-state index contributed by atoms with van der Waals surface area (Å²) < 4.78 is 0. The highest BCUT2D eigenvalue weighted by atomic mass is 32.2. The van der Waals surface area contributed by atoms with Crippen LogP contribution >= 0.6 is 11.8 Å². The molecule has 2 aliphatic rings. The summed E-state index contributed by atoms with van der Waals surface area (Å²) in [5.74, 6) is 2.56. The maximum atomic E-state index is 12.0. The molecule has 2 amide bonds. The Morgan fingerprint density at radius 2 is 2.33 bits per heavy atom. The number of carbonyl (C=O) groups excluding carboxylic acids is 2. The summed E-state index contributed by atoms with van der Waals surface area (Å²) in [4.78, 5) is 25.0. The zero-order valence-electron chi connectivity index (χ0n) is 8.70. The number of nitrogens with one attached hydrogen (secondary N) is 1. The van der Waals surface area contributed by atoms with Crippen molar-refractivity contribution >= 4 is 23.6 Å². The third-order valence-electron chi connectivity index (χ3n) is 2.90. The summed E-state index contributed by atoms with van der Waals surface area (Å²) in [6.45, 7) is 1.86. The molecule has 1 atom stereocenters. The summed E-state index contributed by atoms with van der Waals surface area (Å²) in [5.41, 5.74) is 0. The van der Waals surface area contributed by atoms with Gasteiger partial charge in [0.2, 0.25) is 11.8 Å². The van der Waals surface area contributed by atoms with Crippen molar-refractivity contribution in [3.63, 3.8) is 0 Å². The summed E-state index contributed by atoms with van der Waals surface area (Å²) >= 11 is 1.85. The molecule has 0 spiro atoms. The minimum atomic E-state index is 0.0612. The van der Waals surface area contributed by atoms with Gasteiger partial charge < -0.3 is 10.2 Å². The van der Waals surface area contributed by atoms with Gasteiger partial charge in [0, 0.05) is 37.7 Å². The van der Waals surface area contributed by atoms with Gasteiger partial charge in [0.1, 0.15) is 0 Å². The highest BCUT2D eigenvalue weighted by Gasteiger charge is 2.28. The molecule has 0 aromatic heterocycles. The van der Waals surface area contributed by atoms with Crippen molar-refractivity contribution in [1.29, 1.82) is 0 Å². The zero-order valence-corrected chi connectivity index (χ0v) is 9.52. The second-order valence-electron chi connectivity index (χ2n) is 3.99. The monoisotopic (exact) mass is 228 g/mol. The fourth-order valence-electron chi connectivity index (χ4n) is 1.97. The predicted octanol–water partition coefficient (Wildman–Crippen LogP) is 0.0880. The van der Waals surface area contributed by atoms with Crippen LogP contribution in [0.1, 0.15) is 12.8 Å². The van der Waals surface area contributed by atoms with Crippen molar-refractivity contribution < 1.29 is 9.59 Å². The first-order valence-corrected chi connectivity index (χ1v) is 6.56. The fourth-order valence-corrected chi connectivity index (χ4v) is 3.19. The van der Waals surface area contributed by atoms with Gasteiger partial charge in [-0.05, 0) is 12.2 Å². The Balaban J connectivity index is 1.91. The largest absolute Gasteiger partial charge is 0.354 e. The van der Waals surface area contributed by atoms with Gasteiger partial charge in [-0.3, -0.25) is 9.59 Å². The number of hydrogen-bond donors (Lipinski definition) is 1. The summed E-state index contributed by atoms with van der Waals surface area (Å²) in [6, 6.07) is 0. The van der Waals surface area contributed by atoms with E-state index in [4.69, 9.17) is 0 Å². The van der Waals surface area contributed by atoms with Crippen molar-refractivity contribution in [3.8, 4) is 0 Å². The quantitative estimate of drug-likeness (QED) is 0.692. The Labute approximate surface area is 93.8 Å². The lowest BCUT2D eigenvalue weighted by Gasteiger charge is -2.22. The van der Waals surface area contributed by atoms with Gasteiger partial charge in [0.25, 0.3) is 0 Å². The van der Waals surface area contributed by atoms with Gasteiger partial charge in [-0.2, -0.15) is 11.8 Å². The van der Waals surface area contributed by atoms with Crippen LogP contribution in [0.3, 0.4) is 0 Å². The Kier molecular flexibility index (Phi) is 3.51. The number of amides is 2. The molecule has 2 saturated heterocycles. The average Bonchev–Trinajstić information content (AvgIpc) is 2.67. The van der Waals surface area contributed by atoms with Crippen LogP contribution in [0.15, 0.2) is 0 Å². The molecule has 2 heterocycles. The second-order valence-corrected chi connectivity index (χ2v) is 5.14. The van der Waals surface area contributed by atoms with Gasteiger partial charge >= 0.3 is 0 Å². The van der Waals surface area contributed by atoms with Crippen molar-refractivity contribution in [2.45, 2.75) is 12.8 Å². The van der Waals surface area contributed by atoms with E-state index < -0.39 is 0 Å². The molecule has 0 radical (unpaired) electrons. The molecule has 2 aliphatic heterocycles. The average molecular weight is 228 g/mol. The highest BCUT2D eigenvalue weighted by molar-refractivity contribution is 7.99. The smallest absolute Gasteiger partial charge is 0.226 e. The van der Waals surface area contributed by atoms with Crippen molar-refractivity contribution in [1.82, 2.24) is 10.2 Å². The number of thioether (sulfide) groups is 1. The highest BCUT2D eigenvalue weighted by Crippen LogP contribution is 2.25. The molecule has 4 nitrogen and oxygen atoms in total. The maximum Gasteiger partial charge on any atom is 0.226 e. The second kappa shape index (κ2) is 4.88. The summed E-state index contributed by atoms with van der Waals surface area (Å²) in [6.07, 6.45) is 1.45. The van der Waals surface area contributed by atoms with Crippen LogP contribution in [-0.4, -0.2) is 47.9 Å². The molecule has 0 aromatic rings. The number of nitrogens with zero attached hydrogens (tertiary/aromatic N) is 1. The first-order chi connectivity index (χ1) is 7.27. The Morgan fingerprint density at radius 1 is 1.47 bits per heavy atom. The Hall–Kier alpha value is -0.710. The molecule has 0 aliphatic carbocycles. The van der Waals surface area contributed by atoms with Crippen LogP contribution in [0, 0.1) is 5.92 Å². The molecule has 5 heteroatoms. The van der Waals surface area contributed by atoms with Gasteiger partial charge in [-0.15, -0.1) is 0 Å². The van der Waals surface area contributed by atoms with Gasteiger partial charge in [-0.25, -0.2) is 0 Å². The first kappa shape index (κ1) is 10.8. The minimum Gasteiger partial charge on any atom is -0.354 e. The van der Waals surface area contributed by atoms with E-state index in [1.54, 1.807) is 0 Å². The predicted molar refractivity (Wildman–Crippen MR) is 59.6 cm³/mol. The van der Waals surface area contributed by atoms with Crippen LogP contribution in [0.25, 0.3) is 0 Å². The first-order valence-electron chi connectivity index (χ1n) is 5.40. The lowest BCUT2D eigenvalue weighted by atomic mass is 10.1.